The molecule has 2 fully saturated rings. The summed E-state index contributed by atoms with van der Waals surface area (Å²) in [6, 6.07) is 0. The predicted octanol–water partition coefficient (Wildman–Crippen LogP) is 1.78. The van der Waals surface area contributed by atoms with E-state index >= 15 is 0 Å². The first kappa shape index (κ1) is 11.2. The van der Waals surface area contributed by atoms with E-state index in [-0.39, 0.29) is 6.10 Å². The molecule has 0 amide bonds. The van der Waals surface area contributed by atoms with Crippen LogP contribution >= 0.6 is 0 Å². The summed E-state index contributed by atoms with van der Waals surface area (Å²) in [5.41, 5.74) is 0. The summed E-state index contributed by atoms with van der Waals surface area (Å²) in [6.45, 7) is 2.91. The van der Waals surface area contributed by atoms with Gasteiger partial charge >= 0.3 is 0 Å². The monoisotopic (exact) mass is 237 g/mol. The standard InChI is InChI=1S/C12H19N3O2/c1-2-8-16-10(3-1)11-14-12(17-15-11)9-4-6-13-7-5-9/h9-10,13H,1-8H2. The Morgan fingerprint density at radius 2 is 2.00 bits per heavy atom. The van der Waals surface area contributed by atoms with Gasteiger partial charge in [0, 0.05) is 12.5 Å². The average molecular weight is 237 g/mol. The first-order valence-electron chi connectivity index (χ1n) is 6.59. The minimum absolute atomic E-state index is 0.0583. The molecule has 2 aliphatic heterocycles. The lowest BCUT2D eigenvalue weighted by Crippen LogP contribution is -2.26. The molecule has 5 heteroatoms. The van der Waals surface area contributed by atoms with Gasteiger partial charge in [0.1, 0.15) is 6.10 Å². The Hall–Kier alpha value is -0.940. The molecule has 17 heavy (non-hydrogen) atoms. The predicted molar refractivity (Wildman–Crippen MR) is 61.7 cm³/mol. The smallest absolute Gasteiger partial charge is 0.229 e. The molecule has 1 aromatic rings. The third-order valence-corrected chi connectivity index (χ3v) is 3.61. The van der Waals surface area contributed by atoms with Gasteiger partial charge in [0.15, 0.2) is 0 Å². The molecule has 1 atom stereocenters. The maximum Gasteiger partial charge on any atom is 0.229 e. The minimum atomic E-state index is 0.0583. The summed E-state index contributed by atoms with van der Waals surface area (Å²) < 4.78 is 11.1. The van der Waals surface area contributed by atoms with Gasteiger partial charge < -0.3 is 14.6 Å². The molecule has 0 aliphatic carbocycles. The summed E-state index contributed by atoms with van der Waals surface area (Å²) in [5, 5.41) is 7.42. The zero-order valence-electron chi connectivity index (χ0n) is 10.0. The molecule has 0 bridgehead atoms. The molecular formula is C12H19N3O2. The summed E-state index contributed by atoms with van der Waals surface area (Å²) in [7, 11) is 0. The van der Waals surface area contributed by atoms with E-state index in [2.05, 4.69) is 15.5 Å². The number of aromatic nitrogens is 2. The Labute approximate surface area is 101 Å². The summed E-state index contributed by atoms with van der Waals surface area (Å²) in [6.07, 6.45) is 5.60. The fourth-order valence-corrected chi connectivity index (χ4v) is 2.56. The quantitative estimate of drug-likeness (QED) is 0.849. The lowest BCUT2D eigenvalue weighted by atomic mass is 9.98. The van der Waals surface area contributed by atoms with E-state index in [1.807, 2.05) is 0 Å². The van der Waals surface area contributed by atoms with E-state index in [9.17, 15) is 0 Å². The number of rotatable bonds is 2. The molecule has 94 valence electrons. The molecule has 0 aromatic carbocycles. The Balaban J connectivity index is 1.68. The molecule has 3 rings (SSSR count). The molecule has 1 unspecified atom stereocenters. The van der Waals surface area contributed by atoms with Crippen molar-refractivity contribution in [3.63, 3.8) is 0 Å². The van der Waals surface area contributed by atoms with E-state index in [4.69, 9.17) is 9.26 Å². The van der Waals surface area contributed by atoms with Crippen molar-refractivity contribution in [1.29, 1.82) is 0 Å². The minimum Gasteiger partial charge on any atom is -0.370 e. The van der Waals surface area contributed by atoms with Crippen LogP contribution in [-0.2, 0) is 4.74 Å². The van der Waals surface area contributed by atoms with Crippen LogP contribution in [0.3, 0.4) is 0 Å². The molecule has 5 nitrogen and oxygen atoms in total. The number of hydrogen-bond acceptors (Lipinski definition) is 5. The number of nitrogens with one attached hydrogen (secondary N) is 1. The van der Waals surface area contributed by atoms with Crippen LogP contribution in [0.15, 0.2) is 4.52 Å². The number of ether oxygens (including phenoxy) is 1. The fraction of sp³-hybridized carbons (Fsp3) is 0.833. The molecule has 0 spiro atoms. The zero-order valence-corrected chi connectivity index (χ0v) is 10.0. The van der Waals surface area contributed by atoms with E-state index in [0.29, 0.717) is 5.92 Å². The first-order valence-corrected chi connectivity index (χ1v) is 6.59. The van der Waals surface area contributed by atoms with Gasteiger partial charge in [-0.15, -0.1) is 0 Å². The van der Waals surface area contributed by atoms with E-state index in [1.54, 1.807) is 0 Å². The third kappa shape index (κ3) is 2.50. The summed E-state index contributed by atoms with van der Waals surface area (Å²) in [4.78, 5) is 4.53. The lowest BCUT2D eigenvalue weighted by Gasteiger charge is -2.20. The van der Waals surface area contributed by atoms with Crippen molar-refractivity contribution in [2.45, 2.75) is 44.1 Å². The van der Waals surface area contributed by atoms with Crippen LogP contribution in [-0.4, -0.2) is 29.8 Å². The second kappa shape index (κ2) is 5.14. The average Bonchev–Trinajstić information content (AvgIpc) is 2.90. The lowest BCUT2D eigenvalue weighted by molar-refractivity contribution is 0.00821. The van der Waals surface area contributed by atoms with Crippen molar-refractivity contribution in [2.75, 3.05) is 19.7 Å². The molecular weight excluding hydrogens is 218 g/mol. The van der Waals surface area contributed by atoms with Crippen LogP contribution in [0.5, 0.6) is 0 Å². The van der Waals surface area contributed by atoms with Gasteiger partial charge in [-0.2, -0.15) is 4.98 Å². The third-order valence-electron chi connectivity index (χ3n) is 3.61. The van der Waals surface area contributed by atoms with Gasteiger partial charge in [-0.25, -0.2) is 0 Å². The highest BCUT2D eigenvalue weighted by molar-refractivity contribution is 4.98. The van der Waals surface area contributed by atoms with Crippen molar-refractivity contribution in [3.05, 3.63) is 11.7 Å². The van der Waals surface area contributed by atoms with Crippen LogP contribution < -0.4 is 5.32 Å². The maximum absolute atomic E-state index is 5.67. The van der Waals surface area contributed by atoms with Crippen molar-refractivity contribution in [1.82, 2.24) is 15.5 Å². The highest BCUT2D eigenvalue weighted by atomic mass is 16.5. The Morgan fingerprint density at radius 1 is 1.12 bits per heavy atom. The van der Waals surface area contributed by atoms with E-state index < -0.39 is 0 Å². The molecule has 1 N–H and O–H groups in total. The van der Waals surface area contributed by atoms with Gasteiger partial charge in [-0.05, 0) is 45.2 Å². The largest absolute Gasteiger partial charge is 0.370 e. The van der Waals surface area contributed by atoms with Gasteiger partial charge in [-0.3, -0.25) is 0 Å². The number of piperidine rings is 1. The topological polar surface area (TPSA) is 60.2 Å². The number of nitrogens with zero attached hydrogens (tertiary/aromatic N) is 2. The summed E-state index contributed by atoms with van der Waals surface area (Å²) >= 11 is 0. The van der Waals surface area contributed by atoms with Crippen LogP contribution in [0.2, 0.25) is 0 Å². The van der Waals surface area contributed by atoms with E-state index in [1.165, 1.54) is 6.42 Å². The van der Waals surface area contributed by atoms with Crippen molar-refractivity contribution in [3.8, 4) is 0 Å². The first-order chi connectivity index (χ1) is 8.43. The molecule has 2 aliphatic rings. The van der Waals surface area contributed by atoms with Crippen molar-refractivity contribution < 1.29 is 9.26 Å². The fourth-order valence-electron chi connectivity index (χ4n) is 2.56. The van der Waals surface area contributed by atoms with Crippen LogP contribution in [0.1, 0.15) is 55.8 Å². The number of hydrogen-bond donors (Lipinski definition) is 1. The molecule has 0 radical (unpaired) electrons. The Kier molecular flexibility index (Phi) is 3.38. The SMILES string of the molecule is C1CCC(c2noc(C3CCNCC3)n2)OC1. The van der Waals surface area contributed by atoms with Gasteiger partial charge in [0.05, 0.1) is 0 Å². The normalized spacial score (nSPS) is 27.2. The van der Waals surface area contributed by atoms with Crippen LogP contribution in [0.25, 0.3) is 0 Å². The summed E-state index contributed by atoms with van der Waals surface area (Å²) in [5.74, 6) is 1.98. The Bertz CT molecular complexity index is 322. The van der Waals surface area contributed by atoms with Gasteiger partial charge in [0.2, 0.25) is 11.7 Å². The van der Waals surface area contributed by atoms with Crippen molar-refractivity contribution in [2.24, 2.45) is 0 Å². The molecule has 1 aromatic heterocycles. The van der Waals surface area contributed by atoms with Gasteiger partial charge in [-0.1, -0.05) is 5.16 Å². The van der Waals surface area contributed by atoms with Crippen LogP contribution in [0.4, 0.5) is 0 Å². The van der Waals surface area contributed by atoms with Crippen molar-refractivity contribution >= 4 is 0 Å². The second-order valence-electron chi connectivity index (χ2n) is 4.87. The van der Waals surface area contributed by atoms with E-state index in [0.717, 1.165) is 57.1 Å². The van der Waals surface area contributed by atoms with Gasteiger partial charge in [0.25, 0.3) is 0 Å². The highest BCUT2D eigenvalue weighted by Gasteiger charge is 2.25. The maximum atomic E-state index is 5.67. The molecule has 3 heterocycles. The Morgan fingerprint density at radius 3 is 2.76 bits per heavy atom. The highest BCUT2D eigenvalue weighted by Crippen LogP contribution is 2.29. The molecule has 0 saturated carbocycles. The van der Waals surface area contributed by atoms with Crippen LogP contribution in [0, 0.1) is 0 Å². The molecule has 2 saturated heterocycles. The zero-order chi connectivity index (χ0) is 11.5. The second-order valence-corrected chi connectivity index (χ2v) is 4.87.